The Kier molecular flexibility index (Phi) is 9.67. The molecule has 0 unspecified atom stereocenters. The van der Waals surface area contributed by atoms with Crippen molar-refractivity contribution in [3.63, 3.8) is 0 Å². The number of phenolic OH excluding ortho intramolecular Hbond substituents is 1. The van der Waals surface area contributed by atoms with Gasteiger partial charge in [-0.15, -0.1) is 29.3 Å². The van der Waals surface area contributed by atoms with Crippen molar-refractivity contribution in [2.75, 3.05) is 0 Å². The molecule has 3 aromatic heterocycles. The minimum absolute atomic E-state index is 0. The molecule has 0 atom stereocenters. The van der Waals surface area contributed by atoms with Gasteiger partial charge in [-0.2, -0.15) is 0 Å². The number of para-hydroxylation sites is 2. The molecule has 0 saturated heterocycles. The van der Waals surface area contributed by atoms with Crippen molar-refractivity contribution in [3.8, 4) is 67.5 Å². The number of aromatic nitrogens is 3. The van der Waals surface area contributed by atoms with Crippen LogP contribution in [0.2, 0.25) is 0 Å². The Balaban J connectivity index is 0.00000548. The van der Waals surface area contributed by atoms with Crippen molar-refractivity contribution in [2.45, 2.75) is 59.2 Å². The molecule has 0 aliphatic heterocycles. The summed E-state index contributed by atoms with van der Waals surface area (Å²) < 4.78 is 32.3. The molecule has 7 aromatic carbocycles. The van der Waals surface area contributed by atoms with Crippen molar-refractivity contribution in [2.24, 2.45) is 0 Å². The van der Waals surface area contributed by atoms with Gasteiger partial charge in [0.15, 0.2) is 5.82 Å². The summed E-state index contributed by atoms with van der Waals surface area (Å²) in [6.45, 7) is 11.1. The average molecular weight is 1010 g/mol. The summed E-state index contributed by atoms with van der Waals surface area (Å²) in [5.74, 6) is 0.603. The van der Waals surface area contributed by atoms with E-state index in [-0.39, 0.29) is 37.6 Å². The van der Waals surface area contributed by atoms with Crippen LogP contribution in [-0.4, -0.2) is 19.6 Å². The number of pyridine rings is 1. The molecule has 10 rings (SSSR count). The number of imidazole rings is 1. The fourth-order valence-corrected chi connectivity index (χ4v) is 8.48. The molecule has 0 amide bonds. The van der Waals surface area contributed by atoms with Crippen LogP contribution in [0.1, 0.15) is 62.3 Å². The van der Waals surface area contributed by atoms with Gasteiger partial charge in [0, 0.05) is 53.4 Å². The first-order chi connectivity index (χ1) is 31.0. The van der Waals surface area contributed by atoms with Gasteiger partial charge in [0.25, 0.3) is 0 Å². The minimum atomic E-state index is -2.18. The second kappa shape index (κ2) is 16.0. The van der Waals surface area contributed by atoms with E-state index in [0.717, 1.165) is 83.3 Å². The van der Waals surface area contributed by atoms with Crippen molar-refractivity contribution in [1.29, 1.82) is 0 Å². The quantitative estimate of drug-likeness (QED) is 0.169. The first-order valence-electron chi connectivity index (χ1n) is 22.5. The molecule has 0 aliphatic carbocycles. The number of nitrogens with zero attached hydrogens (tertiary/aromatic N) is 3. The zero-order chi connectivity index (χ0) is 45.4. The van der Waals surface area contributed by atoms with Crippen molar-refractivity contribution in [3.05, 3.63) is 181 Å². The number of benzene rings is 7. The number of fused-ring (bicyclic) bond motifs is 4. The number of aryl methyl sites for hydroxylation is 1. The maximum Gasteiger partial charge on any atom is 0.152 e. The SMILES string of the molecule is [2H]C([2H])([2H])c1ccc(-c2ccnc(-c3[c-]c(-c4cccc5c4nc(-c4c(O)ccc6c4oc4ccccc46)n5-c4ccc(C(C)(C)C)cc4-c4ccccc4)cc(C(C)(C)C)c3)c2)cc1.[Pt]. The zero-order valence-corrected chi connectivity index (χ0v) is 38.3. The molecule has 10 aromatic rings. The van der Waals surface area contributed by atoms with Crippen molar-refractivity contribution < 1.29 is 34.7 Å². The third-order valence-corrected chi connectivity index (χ3v) is 11.9. The van der Waals surface area contributed by atoms with E-state index in [2.05, 4.69) is 125 Å². The number of hydrogen-bond donors (Lipinski definition) is 1. The minimum Gasteiger partial charge on any atom is -0.507 e. The molecule has 63 heavy (non-hydrogen) atoms. The Bertz CT molecular complexity index is 3450. The number of phenols is 1. The molecule has 6 heteroatoms. The molecule has 314 valence electrons. The van der Waals surface area contributed by atoms with Crippen LogP contribution < -0.4 is 0 Å². The summed E-state index contributed by atoms with van der Waals surface area (Å²) in [7, 11) is 0. The van der Waals surface area contributed by atoms with Crippen LogP contribution in [0.25, 0.3) is 94.7 Å². The van der Waals surface area contributed by atoms with E-state index in [9.17, 15) is 5.11 Å². The van der Waals surface area contributed by atoms with Crippen molar-refractivity contribution in [1.82, 2.24) is 14.5 Å². The second-order valence-electron chi connectivity index (χ2n) is 18.2. The maximum absolute atomic E-state index is 12.0. The molecule has 0 fully saturated rings. The predicted molar refractivity (Wildman–Crippen MR) is 256 cm³/mol. The molecule has 0 radical (unpaired) electrons. The first kappa shape index (κ1) is 38.1. The Morgan fingerprint density at radius 3 is 2.14 bits per heavy atom. The molecule has 0 aliphatic rings. The third kappa shape index (κ3) is 7.59. The van der Waals surface area contributed by atoms with E-state index in [1.807, 2.05) is 60.7 Å². The predicted octanol–water partition coefficient (Wildman–Crippen LogP) is 15.1. The largest absolute Gasteiger partial charge is 0.507 e. The fraction of sp³-hybridized carbons (Fsp3) is 0.158. The number of furan rings is 1. The maximum atomic E-state index is 12.0. The van der Waals surface area contributed by atoms with Crippen LogP contribution in [0, 0.1) is 12.9 Å². The van der Waals surface area contributed by atoms with Gasteiger partial charge in [0.2, 0.25) is 0 Å². The molecule has 5 nitrogen and oxygen atoms in total. The van der Waals surface area contributed by atoms with E-state index in [1.54, 1.807) is 24.4 Å². The van der Waals surface area contributed by atoms with Crippen LogP contribution >= 0.6 is 0 Å². The molecule has 1 N–H and O–H groups in total. The van der Waals surface area contributed by atoms with E-state index < -0.39 is 6.85 Å². The van der Waals surface area contributed by atoms with E-state index in [1.165, 1.54) is 5.56 Å². The van der Waals surface area contributed by atoms with Crippen molar-refractivity contribution >= 4 is 33.0 Å². The average Bonchev–Trinajstić information content (AvgIpc) is 3.87. The molecule has 0 bridgehead atoms. The van der Waals surface area contributed by atoms with Crippen LogP contribution in [0.5, 0.6) is 5.75 Å². The molecule has 3 heterocycles. The van der Waals surface area contributed by atoms with Crippen LogP contribution in [0.3, 0.4) is 0 Å². The smallest absolute Gasteiger partial charge is 0.152 e. The van der Waals surface area contributed by atoms with Gasteiger partial charge >= 0.3 is 0 Å². The third-order valence-electron chi connectivity index (χ3n) is 11.9. The van der Waals surface area contributed by atoms with E-state index >= 15 is 0 Å². The standard InChI is InChI=1S/C57H48N3O2.Pt/c1-35-20-22-36(23-21-35)38-28-29-58-47(33-38)40-30-39(31-42(32-40)57(5,6)7)43-17-13-18-49-53(43)59-55(52-50(61)27-25-45-44-16-11-12-19-51(44)62-54(45)52)60(49)48-26-24-41(56(2,3)4)34-46(48)37-14-9-8-10-15-37;/h8-29,31-34,61H,1-7H3;/q-1;/i1D3;. The Hall–Kier alpha value is -6.55. The summed E-state index contributed by atoms with van der Waals surface area (Å²) >= 11 is 0. The van der Waals surface area contributed by atoms with Gasteiger partial charge in [-0.25, -0.2) is 4.98 Å². The fourth-order valence-electron chi connectivity index (χ4n) is 8.48. The monoisotopic (exact) mass is 1000 g/mol. The van der Waals surface area contributed by atoms with E-state index in [0.29, 0.717) is 22.5 Å². The van der Waals surface area contributed by atoms with Crippen LogP contribution in [0.4, 0.5) is 0 Å². The summed E-state index contributed by atoms with van der Waals surface area (Å²) in [4.78, 5) is 10.4. The van der Waals surface area contributed by atoms with Gasteiger partial charge in [0.05, 0.1) is 16.7 Å². The number of hydrogen-bond acceptors (Lipinski definition) is 4. The summed E-state index contributed by atoms with van der Waals surface area (Å²) in [5, 5.41) is 13.8. The summed E-state index contributed by atoms with van der Waals surface area (Å²) in [5.41, 5.74) is 13.7. The Morgan fingerprint density at radius 2 is 1.38 bits per heavy atom. The molecular weight excluding hydrogens is 954 g/mol. The molecular formula is C57H48N3O2Pt-. The van der Waals surface area contributed by atoms with Gasteiger partial charge in [0.1, 0.15) is 22.5 Å². The molecule has 0 saturated carbocycles. The Morgan fingerprint density at radius 1 is 0.635 bits per heavy atom. The van der Waals surface area contributed by atoms with Crippen LogP contribution in [-0.2, 0) is 31.9 Å². The summed E-state index contributed by atoms with van der Waals surface area (Å²) in [6.07, 6.45) is 1.79. The normalized spacial score (nSPS) is 12.9. The number of rotatable bonds is 6. The topological polar surface area (TPSA) is 64.1 Å². The summed E-state index contributed by atoms with van der Waals surface area (Å²) in [6, 6.07) is 54.0. The van der Waals surface area contributed by atoms with E-state index in [4.69, 9.17) is 18.5 Å². The van der Waals surface area contributed by atoms with Gasteiger partial charge in [-0.3, -0.25) is 9.55 Å². The van der Waals surface area contributed by atoms with Gasteiger partial charge in [-0.05, 0) is 82.4 Å². The molecule has 0 spiro atoms. The first-order valence-corrected chi connectivity index (χ1v) is 21.0. The van der Waals surface area contributed by atoms with Gasteiger partial charge in [-0.1, -0.05) is 155 Å². The zero-order valence-electron chi connectivity index (χ0n) is 39.0. The second-order valence-corrected chi connectivity index (χ2v) is 18.2. The Labute approximate surface area is 387 Å². The van der Waals surface area contributed by atoms with Crippen LogP contribution in [0.15, 0.2) is 162 Å². The van der Waals surface area contributed by atoms with Gasteiger partial charge < -0.3 is 9.52 Å². The number of aromatic hydroxyl groups is 1.